The summed E-state index contributed by atoms with van der Waals surface area (Å²) >= 11 is 0. The van der Waals surface area contributed by atoms with Gasteiger partial charge < -0.3 is 19.6 Å². The summed E-state index contributed by atoms with van der Waals surface area (Å²) in [6.45, 7) is -0.508. The van der Waals surface area contributed by atoms with Gasteiger partial charge in [-0.3, -0.25) is 23.9 Å². The normalized spacial score (nSPS) is 25.3. The van der Waals surface area contributed by atoms with Gasteiger partial charge in [0, 0.05) is 6.42 Å². The van der Waals surface area contributed by atoms with Crippen LogP contribution in [0.15, 0.2) is 15.9 Å². The summed E-state index contributed by atoms with van der Waals surface area (Å²) in [7, 11) is -4.68. The van der Waals surface area contributed by atoms with Gasteiger partial charge in [-0.15, -0.1) is 0 Å². The van der Waals surface area contributed by atoms with E-state index < -0.39 is 44.1 Å². The molecule has 0 aliphatic carbocycles. The molecule has 2 aromatic rings. The highest BCUT2D eigenvalue weighted by Crippen LogP contribution is 2.38. The number of hydrogen-bond acceptors (Lipinski definition) is 7. The lowest BCUT2D eigenvalue weighted by Gasteiger charge is -2.16. The summed E-state index contributed by atoms with van der Waals surface area (Å²) in [6, 6.07) is 0. The highest BCUT2D eigenvalue weighted by Gasteiger charge is 2.37. The summed E-state index contributed by atoms with van der Waals surface area (Å²) in [4.78, 5) is 48.7. The molecule has 3 atom stereocenters. The van der Waals surface area contributed by atoms with Crippen LogP contribution >= 0.6 is 7.82 Å². The maximum atomic E-state index is 11.6. The number of phosphoric ester groups is 1. The predicted molar refractivity (Wildman–Crippen MR) is 73.5 cm³/mol. The molecule has 0 spiro atoms. The van der Waals surface area contributed by atoms with E-state index in [1.54, 1.807) is 0 Å². The van der Waals surface area contributed by atoms with E-state index in [1.165, 1.54) is 10.9 Å². The molecule has 13 heteroatoms. The molecule has 1 saturated heterocycles. The molecule has 0 aromatic carbocycles. The van der Waals surface area contributed by atoms with Gasteiger partial charge in [-0.25, -0.2) is 14.3 Å². The molecule has 3 heterocycles. The fraction of sp³-hybridized carbons (Fsp3) is 0.500. The summed E-state index contributed by atoms with van der Waals surface area (Å²) in [5, 5.41) is 9.90. The van der Waals surface area contributed by atoms with Crippen molar-refractivity contribution in [3.8, 4) is 0 Å². The van der Waals surface area contributed by atoms with Crippen molar-refractivity contribution in [2.45, 2.75) is 24.9 Å². The number of nitrogens with zero attached hydrogens (tertiary/aromatic N) is 2. The van der Waals surface area contributed by atoms with Crippen LogP contribution in [0, 0.1) is 0 Å². The Morgan fingerprint density at radius 2 is 2.17 bits per heavy atom. The number of aromatic nitrogens is 4. The van der Waals surface area contributed by atoms with Crippen molar-refractivity contribution in [3.63, 3.8) is 0 Å². The Morgan fingerprint density at radius 3 is 2.87 bits per heavy atom. The number of H-pyrrole nitrogens is 2. The van der Waals surface area contributed by atoms with Crippen molar-refractivity contribution >= 4 is 19.0 Å². The summed E-state index contributed by atoms with van der Waals surface area (Å²) in [5.41, 5.74) is -1.27. The van der Waals surface area contributed by atoms with Crippen molar-refractivity contribution in [2.75, 3.05) is 6.61 Å². The minimum atomic E-state index is -4.68. The minimum Gasteiger partial charge on any atom is -0.390 e. The molecular formula is C10H13N4O8P. The number of aliphatic hydroxyl groups is 1. The lowest BCUT2D eigenvalue weighted by atomic mass is 10.2. The Hall–Kier alpha value is -1.82. The summed E-state index contributed by atoms with van der Waals surface area (Å²) in [6.07, 6.45) is -1.47. The average molecular weight is 348 g/mol. The van der Waals surface area contributed by atoms with E-state index in [4.69, 9.17) is 14.5 Å². The maximum absolute atomic E-state index is 11.6. The predicted octanol–water partition coefficient (Wildman–Crippen LogP) is -1.83. The van der Waals surface area contributed by atoms with Crippen LogP contribution < -0.4 is 11.2 Å². The molecule has 0 amide bonds. The Labute approximate surface area is 126 Å². The number of hydrogen-bond donors (Lipinski definition) is 5. The van der Waals surface area contributed by atoms with Gasteiger partial charge in [-0.1, -0.05) is 0 Å². The first-order valence-corrected chi connectivity index (χ1v) is 8.00. The third-order valence-electron chi connectivity index (χ3n) is 3.39. The van der Waals surface area contributed by atoms with Crippen LogP contribution in [0.5, 0.6) is 0 Å². The Bertz CT molecular complexity index is 881. The molecule has 23 heavy (non-hydrogen) atoms. The van der Waals surface area contributed by atoms with Crippen LogP contribution in [0.1, 0.15) is 12.6 Å². The van der Waals surface area contributed by atoms with Crippen molar-refractivity contribution in [3.05, 3.63) is 27.2 Å². The average Bonchev–Trinajstić information content (AvgIpc) is 2.99. The van der Waals surface area contributed by atoms with Gasteiger partial charge in [0.2, 0.25) is 0 Å². The minimum absolute atomic E-state index is 0.00222. The highest BCUT2D eigenvalue weighted by molar-refractivity contribution is 7.46. The SMILES string of the molecule is O=c1[nH]c(=O)c2ncn(C3CC(O)C(COP(=O)(O)O)O3)c2[nH]1. The first kappa shape index (κ1) is 16.1. The van der Waals surface area contributed by atoms with E-state index in [0.29, 0.717) is 0 Å². The van der Waals surface area contributed by atoms with Crippen LogP contribution in [0.3, 0.4) is 0 Å². The second-order valence-corrected chi connectivity index (χ2v) is 6.22. The standard InChI is InChI=1S/C10H13N4O8P/c15-4-1-6(22-5(4)2-21-23(18,19)20)14-3-11-7-8(14)12-10(17)13-9(7)16/h3-6,15H,1-2H2,(H2,18,19,20)(H2,12,13,16,17). The second kappa shape index (κ2) is 5.67. The van der Waals surface area contributed by atoms with E-state index in [-0.39, 0.29) is 17.6 Å². The molecule has 2 aromatic heterocycles. The zero-order chi connectivity index (χ0) is 16.8. The molecule has 12 nitrogen and oxygen atoms in total. The van der Waals surface area contributed by atoms with E-state index >= 15 is 0 Å². The van der Waals surface area contributed by atoms with Gasteiger partial charge in [0.1, 0.15) is 18.0 Å². The van der Waals surface area contributed by atoms with Gasteiger partial charge in [0.25, 0.3) is 5.56 Å². The van der Waals surface area contributed by atoms with Gasteiger partial charge in [-0.2, -0.15) is 0 Å². The molecule has 5 N–H and O–H groups in total. The van der Waals surface area contributed by atoms with Gasteiger partial charge >= 0.3 is 13.5 Å². The van der Waals surface area contributed by atoms with Crippen molar-refractivity contribution in [2.24, 2.45) is 0 Å². The molecule has 1 aliphatic heterocycles. The topological polar surface area (TPSA) is 180 Å². The summed E-state index contributed by atoms with van der Waals surface area (Å²) in [5.74, 6) is 0. The molecule has 126 valence electrons. The van der Waals surface area contributed by atoms with Crippen LogP contribution in [-0.2, 0) is 13.8 Å². The number of aliphatic hydroxyl groups excluding tert-OH is 1. The number of rotatable bonds is 4. The first-order valence-electron chi connectivity index (χ1n) is 6.47. The third kappa shape index (κ3) is 3.27. The van der Waals surface area contributed by atoms with Crippen LogP contribution in [-0.4, -0.2) is 53.2 Å². The lowest BCUT2D eigenvalue weighted by molar-refractivity contribution is -0.0424. The first-order chi connectivity index (χ1) is 10.7. The molecule has 3 rings (SSSR count). The lowest BCUT2D eigenvalue weighted by Crippen LogP contribution is -2.26. The number of phosphoric acid groups is 1. The van der Waals surface area contributed by atoms with Crippen LogP contribution in [0.4, 0.5) is 0 Å². The maximum Gasteiger partial charge on any atom is 0.469 e. The Morgan fingerprint density at radius 1 is 1.43 bits per heavy atom. The zero-order valence-electron chi connectivity index (χ0n) is 11.4. The molecule has 0 saturated carbocycles. The van der Waals surface area contributed by atoms with Crippen LogP contribution in [0.2, 0.25) is 0 Å². The zero-order valence-corrected chi connectivity index (χ0v) is 12.3. The van der Waals surface area contributed by atoms with E-state index in [1.807, 2.05) is 4.98 Å². The number of ether oxygens (including phenoxy) is 1. The summed E-state index contributed by atoms with van der Waals surface area (Å²) < 4.78 is 21.8. The fourth-order valence-electron chi connectivity index (χ4n) is 2.38. The third-order valence-corrected chi connectivity index (χ3v) is 3.87. The molecule has 1 aliphatic rings. The van der Waals surface area contributed by atoms with E-state index in [0.717, 1.165) is 0 Å². The fourth-order valence-corrected chi connectivity index (χ4v) is 2.72. The van der Waals surface area contributed by atoms with Crippen molar-refractivity contribution in [1.29, 1.82) is 0 Å². The van der Waals surface area contributed by atoms with Gasteiger partial charge in [0.05, 0.1) is 19.0 Å². The molecular weight excluding hydrogens is 335 g/mol. The smallest absolute Gasteiger partial charge is 0.390 e. The van der Waals surface area contributed by atoms with Crippen molar-refractivity contribution in [1.82, 2.24) is 19.5 Å². The molecule has 1 fully saturated rings. The van der Waals surface area contributed by atoms with E-state index in [2.05, 4.69) is 14.5 Å². The molecule has 0 radical (unpaired) electrons. The van der Waals surface area contributed by atoms with Crippen molar-refractivity contribution < 1.29 is 28.7 Å². The number of nitrogens with one attached hydrogen (secondary N) is 2. The number of imidazole rings is 1. The Kier molecular flexibility index (Phi) is 3.96. The van der Waals surface area contributed by atoms with Gasteiger partial charge in [0.15, 0.2) is 5.52 Å². The quantitative estimate of drug-likeness (QED) is 0.397. The van der Waals surface area contributed by atoms with Crippen LogP contribution in [0.25, 0.3) is 11.2 Å². The van der Waals surface area contributed by atoms with Gasteiger partial charge in [-0.05, 0) is 0 Å². The number of fused-ring (bicyclic) bond motifs is 1. The largest absolute Gasteiger partial charge is 0.469 e. The Balaban J connectivity index is 1.85. The van der Waals surface area contributed by atoms with E-state index in [9.17, 15) is 19.3 Å². The second-order valence-electron chi connectivity index (χ2n) is 4.98. The monoisotopic (exact) mass is 348 g/mol. The highest BCUT2D eigenvalue weighted by atomic mass is 31.2. The number of aromatic amines is 2. The molecule has 0 bridgehead atoms. The molecule has 3 unspecified atom stereocenters.